The number of benzene rings is 3. The molecule has 10 nitrogen and oxygen atoms in total. The lowest BCUT2D eigenvalue weighted by Crippen LogP contribution is -2.46. The van der Waals surface area contributed by atoms with Crippen LogP contribution < -0.4 is 29.6 Å². The molecule has 10 heteroatoms. The number of methoxy groups -OCH3 is 4. The summed E-state index contributed by atoms with van der Waals surface area (Å²) in [5.74, 6) is -0.0269. The monoisotopic (exact) mass is 550 g/mol. The maximum atomic E-state index is 13.0. The van der Waals surface area contributed by atoms with Crippen LogP contribution in [0.5, 0.6) is 23.0 Å². The molecule has 212 valence electrons. The van der Waals surface area contributed by atoms with E-state index in [1.54, 1.807) is 31.4 Å². The van der Waals surface area contributed by atoms with Crippen molar-refractivity contribution in [1.82, 2.24) is 10.6 Å². The lowest BCUT2D eigenvalue weighted by Gasteiger charge is -2.19. The highest BCUT2D eigenvalue weighted by Gasteiger charge is 2.23. The van der Waals surface area contributed by atoms with E-state index in [-0.39, 0.29) is 19.4 Å². The highest BCUT2D eigenvalue weighted by atomic mass is 16.5. The highest BCUT2D eigenvalue weighted by Crippen LogP contribution is 2.38. The summed E-state index contributed by atoms with van der Waals surface area (Å²) in [6.45, 7) is 2.04. The number of carboxylic acids is 1. The number of carbonyl (C=O) groups is 3. The first-order valence-electron chi connectivity index (χ1n) is 12.5. The van der Waals surface area contributed by atoms with Crippen molar-refractivity contribution in [2.24, 2.45) is 0 Å². The van der Waals surface area contributed by atoms with Gasteiger partial charge in [-0.05, 0) is 72.0 Å². The predicted octanol–water partition coefficient (Wildman–Crippen LogP) is 3.98. The second-order valence-corrected chi connectivity index (χ2v) is 8.97. The third-order valence-electron chi connectivity index (χ3n) is 6.34. The molecule has 0 aromatic heterocycles. The van der Waals surface area contributed by atoms with E-state index in [1.165, 1.54) is 21.3 Å². The van der Waals surface area contributed by atoms with Crippen molar-refractivity contribution in [3.8, 4) is 34.1 Å². The van der Waals surface area contributed by atoms with E-state index < -0.39 is 23.8 Å². The molecule has 0 aliphatic heterocycles. The van der Waals surface area contributed by atoms with Gasteiger partial charge >= 0.3 is 5.97 Å². The van der Waals surface area contributed by atoms with Crippen molar-refractivity contribution in [2.75, 3.05) is 28.4 Å². The molecule has 0 saturated heterocycles. The molecule has 2 amide bonds. The number of rotatable bonds is 13. The van der Waals surface area contributed by atoms with E-state index in [2.05, 4.69) is 10.6 Å². The first kappa shape index (κ1) is 29.8. The van der Waals surface area contributed by atoms with Crippen LogP contribution in [0, 0.1) is 6.92 Å². The zero-order chi connectivity index (χ0) is 29.2. The number of hydrogen-bond donors (Lipinski definition) is 3. The summed E-state index contributed by atoms with van der Waals surface area (Å²) in [6, 6.07) is 15.1. The Hall–Kier alpha value is -4.73. The van der Waals surface area contributed by atoms with Crippen LogP contribution in [0.2, 0.25) is 0 Å². The third kappa shape index (κ3) is 7.43. The molecule has 3 N–H and O–H groups in total. The molecule has 3 aromatic rings. The normalized spacial score (nSPS) is 11.2. The lowest BCUT2D eigenvalue weighted by atomic mass is 10.0. The number of ether oxygens (including phenoxy) is 4. The van der Waals surface area contributed by atoms with E-state index >= 15 is 0 Å². The molecule has 0 spiro atoms. The topological polar surface area (TPSA) is 132 Å². The zero-order valence-electron chi connectivity index (χ0n) is 23.2. The molecule has 40 heavy (non-hydrogen) atoms. The molecule has 0 aliphatic carbocycles. The summed E-state index contributed by atoms with van der Waals surface area (Å²) in [5, 5.41) is 14.6. The Morgan fingerprint density at radius 1 is 0.800 bits per heavy atom. The Labute approximate surface area is 233 Å². The van der Waals surface area contributed by atoms with Crippen LogP contribution >= 0.6 is 0 Å². The van der Waals surface area contributed by atoms with E-state index in [9.17, 15) is 14.4 Å². The Bertz CT molecular complexity index is 1330. The minimum absolute atomic E-state index is 0.0780. The minimum atomic E-state index is -1.07. The van der Waals surface area contributed by atoms with Crippen LogP contribution in [0.1, 0.15) is 34.3 Å². The average molecular weight is 551 g/mol. The third-order valence-corrected chi connectivity index (χ3v) is 6.34. The van der Waals surface area contributed by atoms with Crippen molar-refractivity contribution in [3.05, 3.63) is 71.3 Å². The molecule has 3 rings (SSSR count). The fourth-order valence-electron chi connectivity index (χ4n) is 4.20. The number of carboxylic acid groups (broad SMARTS) is 1. The smallest absolute Gasteiger partial charge is 0.303 e. The molecule has 0 fully saturated rings. The minimum Gasteiger partial charge on any atom is -0.496 e. The van der Waals surface area contributed by atoms with Gasteiger partial charge in [-0.15, -0.1) is 0 Å². The molecule has 0 heterocycles. The van der Waals surface area contributed by atoms with E-state index in [4.69, 9.17) is 24.1 Å². The van der Waals surface area contributed by atoms with Gasteiger partial charge in [-0.1, -0.05) is 18.2 Å². The maximum absolute atomic E-state index is 13.0. The van der Waals surface area contributed by atoms with E-state index in [0.29, 0.717) is 28.4 Å². The van der Waals surface area contributed by atoms with Gasteiger partial charge < -0.3 is 34.7 Å². The highest BCUT2D eigenvalue weighted by molar-refractivity contribution is 5.98. The summed E-state index contributed by atoms with van der Waals surface area (Å²) in [6.07, 6.45) is -0.371. The summed E-state index contributed by atoms with van der Waals surface area (Å²) >= 11 is 0. The Balaban J connectivity index is 1.72. The second-order valence-electron chi connectivity index (χ2n) is 8.97. The van der Waals surface area contributed by atoms with Crippen LogP contribution in [0.3, 0.4) is 0 Å². The molecular formula is C30H34N2O8. The zero-order valence-corrected chi connectivity index (χ0v) is 23.2. The largest absolute Gasteiger partial charge is 0.496 e. The van der Waals surface area contributed by atoms with Crippen LogP contribution in [-0.4, -0.2) is 57.4 Å². The van der Waals surface area contributed by atoms with Crippen molar-refractivity contribution in [2.45, 2.75) is 32.4 Å². The molecular weight excluding hydrogens is 516 g/mol. The Morgan fingerprint density at radius 2 is 1.40 bits per heavy atom. The molecule has 3 aromatic carbocycles. The molecule has 0 aliphatic rings. The van der Waals surface area contributed by atoms with Gasteiger partial charge in [-0.3, -0.25) is 14.4 Å². The van der Waals surface area contributed by atoms with Crippen molar-refractivity contribution in [3.63, 3.8) is 0 Å². The standard InChI is InChI=1S/C30H34N2O8/c1-18-14-22(10-12-24(18)37-2)20-6-8-21(9-7-20)29(35)32-23(11-13-27(33)34)30(36)31-17-19-15-25(38-3)28(40-5)26(16-19)39-4/h6-10,12,14-16,23H,11,13,17H2,1-5H3,(H,31,36)(H,32,35)(H,33,34). The van der Waals surface area contributed by atoms with Gasteiger partial charge in [0.1, 0.15) is 11.8 Å². The van der Waals surface area contributed by atoms with Crippen LogP contribution in [-0.2, 0) is 16.1 Å². The number of aliphatic carboxylic acids is 1. The summed E-state index contributed by atoms with van der Waals surface area (Å²) in [4.78, 5) is 37.2. The van der Waals surface area contributed by atoms with E-state index in [1.807, 2.05) is 37.3 Å². The van der Waals surface area contributed by atoms with Gasteiger partial charge in [-0.25, -0.2) is 0 Å². The van der Waals surface area contributed by atoms with Gasteiger partial charge in [0.15, 0.2) is 11.5 Å². The van der Waals surface area contributed by atoms with Gasteiger partial charge in [0.2, 0.25) is 11.7 Å². The molecule has 1 unspecified atom stereocenters. The number of aryl methyl sites for hydroxylation is 1. The van der Waals surface area contributed by atoms with Crippen molar-refractivity contribution >= 4 is 17.8 Å². The maximum Gasteiger partial charge on any atom is 0.303 e. The molecule has 1 atom stereocenters. The van der Waals surface area contributed by atoms with Crippen molar-refractivity contribution in [1.29, 1.82) is 0 Å². The van der Waals surface area contributed by atoms with Crippen molar-refractivity contribution < 1.29 is 38.4 Å². The number of amides is 2. The number of nitrogens with one attached hydrogen (secondary N) is 2. The fourth-order valence-corrected chi connectivity index (χ4v) is 4.20. The van der Waals surface area contributed by atoms with Gasteiger partial charge in [-0.2, -0.15) is 0 Å². The first-order chi connectivity index (χ1) is 19.2. The summed E-state index contributed by atoms with van der Waals surface area (Å²) in [7, 11) is 6.08. The van der Waals surface area contributed by atoms with Gasteiger partial charge in [0.25, 0.3) is 5.91 Å². The summed E-state index contributed by atoms with van der Waals surface area (Å²) in [5.41, 5.74) is 3.87. The Morgan fingerprint density at radius 3 is 1.93 bits per heavy atom. The van der Waals surface area contributed by atoms with Gasteiger partial charge in [0, 0.05) is 18.5 Å². The Kier molecular flexibility index (Phi) is 10.4. The fraction of sp³-hybridized carbons (Fsp3) is 0.300. The number of hydrogen-bond acceptors (Lipinski definition) is 7. The number of carbonyl (C=O) groups excluding carboxylic acids is 2. The van der Waals surface area contributed by atoms with E-state index in [0.717, 1.165) is 22.4 Å². The quantitative estimate of drug-likeness (QED) is 0.291. The van der Waals surface area contributed by atoms with Crippen LogP contribution in [0.4, 0.5) is 0 Å². The molecule has 0 radical (unpaired) electrons. The predicted molar refractivity (Wildman–Crippen MR) is 149 cm³/mol. The molecule has 0 bridgehead atoms. The SMILES string of the molecule is COc1ccc(-c2ccc(C(=O)NC(CCC(=O)O)C(=O)NCc3cc(OC)c(OC)c(OC)c3)cc2)cc1C. The average Bonchev–Trinajstić information content (AvgIpc) is 2.97. The molecule has 0 saturated carbocycles. The first-order valence-corrected chi connectivity index (χ1v) is 12.5. The van der Waals surface area contributed by atoms with Crippen LogP contribution in [0.15, 0.2) is 54.6 Å². The summed E-state index contributed by atoms with van der Waals surface area (Å²) < 4.78 is 21.3. The second kappa shape index (κ2) is 13.9. The lowest BCUT2D eigenvalue weighted by molar-refractivity contribution is -0.137. The van der Waals surface area contributed by atoms with Crippen LogP contribution in [0.25, 0.3) is 11.1 Å². The van der Waals surface area contributed by atoms with Gasteiger partial charge in [0.05, 0.1) is 28.4 Å².